The molecule has 0 bridgehead atoms. The molecule has 2 aliphatic heterocycles. The van der Waals surface area contributed by atoms with Crippen molar-refractivity contribution in [3.05, 3.63) is 0 Å². The van der Waals surface area contributed by atoms with E-state index in [9.17, 15) is 9.59 Å². The van der Waals surface area contributed by atoms with Gasteiger partial charge >= 0.3 is 5.91 Å². The molecule has 0 aromatic carbocycles. The SMILES string of the molecule is CN1CCC[N+](C)(C)C12CC(=O)NC2=O. The molecule has 1 spiro atoms. The number of imide groups is 1. The van der Waals surface area contributed by atoms with Crippen LogP contribution in [0.4, 0.5) is 0 Å². The molecular formula is C10H18N3O2+. The van der Waals surface area contributed by atoms with Gasteiger partial charge in [0.25, 0.3) is 0 Å². The van der Waals surface area contributed by atoms with E-state index < -0.39 is 5.66 Å². The van der Waals surface area contributed by atoms with Crippen molar-refractivity contribution in [2.45, 2.75) is 18.5 Å². The normalized spacial score (nSPS) is 35.9. The Bertz CT molecular complexity index is 327. The van der Waals surface area contributed by atoms with Crippen molar-refractivity contribution < 1.29 is 14.1 Å². The lowest BCUT2D eigenvalue weighted by molar-refractivity contribution is -0.948. The second kappa shape index (κ2) is 3.02. The van der Waals surface area contributed by atoms with Crippen molar-refractivity contribution in [2.24, 2.45) is 0 Å². The Morgan fingerprint density at radius 3 is 2.53 bits per heavy atom. The smallest absolute Gasteiger partial charge is 0.302 e. The fourth-order valence-corrected chi connectivity index (χ4v) is 2.91. The summed E-state index contributed by atoms with van der Waals surface area (Å²) in [7, 11) is 5.97. The Labute approximate surface area is 89.6 Å². The predicted octanol–water partition coefficient (Wildman–Crippen LogP) is -0.859. The van der Waals surface area contributed by atoms with E-state index in [1.165, 1.54) is 0 Å². The maximum absolute atomic E-state index is 12.0. The number of hydrogen-bond donors (Lipinski definition) is 1. The van der Waals surface area contributed by atoms with Crippen molar-refractivity contribution in [2.75, 3.05) is 34.2 Å². The number of carbonyl (C=O) groups excluding carboxylic acids is 2. The third kappa shape index (κ3) is 1.23. The number of carbonyl (C=O) groups is 2. The molecule has 15 heavy (non-hydrogen) atoms. The minimum Gasteiger partial charge on any atom is -0.302 e. The maximum Gasteiger partial charge on any atom is 0.305 e. The predicted molar refractivity (Wildman–Crippen MR) is 54.7 cm³/mol. The third-order valence-corrected chi connectivity index (χ3v) is 3.87. The zero-order chi connectivity index (χ0) is 11.3. The van der Waals surface area contributed by atoms with Gasteiger partial charge in [0.05, 0.1) is 20.6 Å². The van der Waals surface area contributed by atoms with Crippen molar-refractivity contribution >= 4 is 11.8 Å². The van der Waals surface area contributed by atoms with Gasteiger partial charge in [0.1, 0.15) is 6.42 Å². The topological polar surface area (TPSA) is 49.4 Å². The van der Waals surface area contributed by atoms with Crippen molar-refractivity contribution in [3.63, 3.8) is 0 Å². The number of nitrogens with zero attached hydrogens (tertiary/aromatic N) is 2. The molecule has 0 saturated carbocycles. The van der Waals surface area contributed by atoms with Crippen LogP contribution in [-0.2, 0) is 9.59 Å². The molecule has 5 nitrogen and oxygen atoms in total. The highest BCUT2D eigenvalue weighted by Crippen LogP contribution is 2.35. The van der Waals surface area contributed by atoms with Crippen LogP contribution in [0.5, 0.6) is 0 Å². The molecule has 1 atom stereocenters. The zero-order valence-electron chi connectivity index (χ0n) is 9.54. The van der Waals surface area contributed by atoms with E-state index in [2.05, 4.69) is 5.32 Å². The Morgan fingerprint density at radius 2 is 2.07 bits per heavy atom. The van der Waals surface area contributed by atoms with Gasteiger partial charge in [-0.05, 0) is 7.05 Å². The third-order valence-electron chi connectivity index (χ3n) is 3.87. The monoisotopic (exact) mass is 212 g/mol. The Morgan fingerprint density at radius 1 is 1.40 bits per heavy atom. The van der Waals surface area contributed by atoms with Crippen LogP contribution in [0, 0.1) is 0 Å². The molecule has 5 heteroatoms. The van der Waals surface area contributed by atoms with Crippen LogP contribution in [-0.4, -0.2) is 61.1 Å². The number of likely N-dealkylation sites (N-methyl/N-ethyl adjacent to an activating group) is 2. The summed E-state index contributed by atoms with van der Waals surface area (Å²) in [5, 5.41) is 2.43. The highest BCUT2D eigenvalue weighted by molar-refractivity contribution is 6.07. The molecule has 84 valence electrons. The van der Waals surface area contributed by atoms with Gasteiger partial charge in [0.2, 0.25) is 11.6 Å². The maximum atomic E-state index is 12.0. The molecule has 2 amide bonds. The van der Waals surface area contributed by atoms with Crippen LogP contribution in [0.25, 0.3) is 0 Å². The Kier molecular flexibility index (Phi) is 2.13. The summed E-state index contributed by atoms with van der Waals surface area (Å²) in [5.74, 6) is -0.292. The molecule has 0 aromatic heterocycles. The molecule has 2 rings (SSSR count). The average Bonchev–Trinajstić information content (AvgIpc) is 2.39. The van der Waals surface area contributed by atoms with E-state index in [0.717, 1.165) is 19.5 Å². The van der Waals surface area contributed by atoms with E-state index in [-0.39, 0.29) is 18.2 Å². The van der Waals surface area contributed by atoms with Crippen LogP contribution in [0.15, 0.2) is 0 Å². The second-order valence-corrected chi connectivity index (χ2v) is 5.05. The molecule has 2 fully saturated rings. The summed E-state index contributed by atoms with van der Waals surface area (Å²) < 4.78 is 0.571. The van der Waals surface area contributed by atoms with Gasteiger partial charge in [-0.2, -0.15) is 0 Å². The highest BCUT2D eigenvalue weighted by atomic mass is 16.2. The molecule has 2 saturated heterocycles. The van der Waals surface area contributed by atoms with Crippen molar-refractivity contribution in [1.82, 2.24) is 10.2 Å². The number of quaternary nitrogens is 1. The Balaban J connectivity index is 2.45. The molecule has 0 radical (unpaired) electrons. The molecule has 1 unspecified atom stereocenters. The minimum atomic E-state index is -0.671. The summed E-state index contributed by atoms with van der Waals surface area (Å²) in [5.41, 5.74) is -0.671. The minimum absolute atomic E-state index is 0.139. The second-order valence-electron chi connectivity index (χ2n) is 5.05. The lowest BCUT2D eigenvalue weighted by Gasteiger charge is -2.51. The van der Waals surface area contributed by atoms with Gasteiger partial charge in [0, 0.05) is 13.0 Å². The first-order chi connectivity index (χ1) is 6.90. The fraction of sp³-hybridized carbons (Fsp3) is 0.800. The van der Waals surface area contributed by atoms with Gasteiger partial charge < -0.3 is 4.48 Å². The summed E-state index contributed by atoms with van der Waals surface area (Å²) in [6.45, 7) is 1.81. The number of hydrogen-bond acceptors (Lipinski definition) is 3. The van der Waals surface area contributed by atoms with E-state index in [0.29, 0.717) is 4.48 Å². The molecule has 2 aliphatic rings. The quantitative estimate of drug-likeness (QED) is 0.420. The van der Waals surface area contributed by atoms with Crippen LogP contribution < -0.4 is 5.32 Å². The average molecular weight is 212 g/mol. The van der Waals surface area contributed by atoms with Gasteiger partial charge in [-0.25, -0.2) is 4.90 Å². The summed E-state index contributed by atoms with van der Waals surface area (Å²) in [6.07, 6.45) is 1.35. The van der Waals surface area contributed by atoms with Gasteiger partial charge in [-0.1, -0.05) is 0 Å². The van der Waals surface area contributed by atoms with E-state index in [4.69, 9.17) is 0 Å². The fourth-order valence-electron chi connectivity index (χ4n) is 2.91. The first-order valence-corrected chi connectivity index (χ1v) is 5.29. The van der Waals surface area contributed by atoms with Gasteiger partial charge in [-0.15, -0.1) is 0 Å². The summed E-state index contributed by atoms with van der Waals surface area (Å²) in [4.78, 5) is 25.4. The lowest BCUT2D eigenvalue weighted by Crippen LogP contribution is -2.73. The number of rotatable bonds is 0. The van der Waals surface area contributed by atoms with Gasteiger partial charge in [0.15, 0.2) is 0 Å². The number of amides is 2. The van der Waals surface area contributed by atoms with Crippen LogP contribution in [0.2, 0.25) is 0 Å². The van der Waals surface area contributed by atoms with E-state index in [1.807, 2.05) is 26.0 Å². The van der Waals surface area contributed by atoms with Crippen molar-refractivity contribution in [1.29, 1.82) is 0 Å². The number of nitrogens with one attached hydrogen (secondary N) is 1. The van der Waals surface area contributed by atoms with E-state index >= 15 is 0 Å². The molecule has 0 aromatic rings. The highest BCUT2D eigenvalue weighted by Gasteiger charge is 2.62. The summed E-state index contributed by atoms with van der Waals surface area (Å²) in [6, 6.07) is 0. The first kappa shape index (κ1) is 10.6. The van der Waals surface area contributed by atoms with Gasteiger partial charge in [-0.3, -0.25) is 14.9 Å². The summed E-state index contributed by atoms with van der Waals surface area (Å²) >= 11 is 0. The molecule has 2 heterocycles. The lowest BCUT2D eigenvalue weighted by atomic mass is 9.98. The van der Waals surface area contributed by atoms with E-state index in [1.54, 1.807) is 0 Å². The standard InChI is InChI=1S/C10H17N3O2/c1-12-5-4-6-13(2,3)10(12)7-8(14)11-9(10)15/h4-7H2,1-3H3/p+1. The Hall–Kier alpha value is -0.940. The zero-order valence-corrected chi connectivity index (χ0v) is 9.54. The first-order valence-electron chi connectivity index (χ1n) is 5.29. The van der Waals surface area contributed by atoms with Crippen LogP contribution >= 0.6 is 0 Å². The molecule has 1 N–H and O–H groups in total. The van der Waals surface area contributed by atoms with Crippen LogP contribution in [0.3, 0.4) is 0 Å². The molecular weight excluding hydrogens is 194 g/mol. The molecule has 0 aliphatic carbocycles. The van der Waals surface area contributed by atoms with Crippen molar-refractivity contribution in [3.8, 4) is 0 Å². The van der Waals surface area contributed by atoms with Crippen LogP contribution in [0.1, 0.15) is 12.8 Å². The largest absolute Gasteiger partial charge is 0.305 e.